The van der Waals surface area contributed by atoms with E-state index in [0.717, 1.165) is 53.5 Å². The maximum Gasteiger partial charge on any atom is 0.225 e. The van der Waals surface area contributed by atoms with Crippen molar-refractivity contribution in [3.8, 4) is 0 Å². The fourth-order valence-corrected chi connectivity index (χ4v) is 4.43. The van der Waals surface area contributed by atoms with Crippen LogP contribution in [0.4, 0.5) is 5.82 Å². The van der Waals surface area contributed by atoms with Gasteiger partial charge in [-0.25, -0.2) is 9.97 Å². The zero-order valence-corrected chi connectivity index (χ0v) is 21.3. The van der Waals surface area contributed by atoms with Crippen LogP contribution in [-0.4, -0.2) is 59.5 Å². The zero-order chi connectivity index (χ0) is 23.1. The predicted octanol–water partition coefficient (Wildman–Crippen LogP) is 5.07. The van der Waals surface area contributed by atoms with E-state index in [2.05, 4.69) is 37.2 Å². The van der Waals surface area contributed by atoms with Crippen LogP contribution < -0.4 is 10.6 Å². The lowest BCUT2D eigenvalue weighted by atomic mass is 9.95. The Bertz CT molecular complexity index is 719. The van der Waals surface area contributed by atoms with Crippen LogP contribution in [0.2, 0.25) is 5.28 Å². The molecule has 1 aliphatic carbocycles. The van der Waals surface area contributed by atoms with E-state index in [0.29, 0.717) is 11.3 Å². The summed E-state index contributed by atoms with van der Waals surface area (Å²) in [5.41, 5.74) is 0.872. The lowest BCUT2D eigenvalue weighted by Crippen LogP contribution is -2.30. The van der Waals surface area contributed by atoms with Gasteiger partial charge in [-0.2, -0.15) is 4.98 Å². The van der Waals surface area contributed by atoms with Gasteiger partial charge in [-0.1, -0.05) is 51.4 Å². The second-order valence-electron chi connectivity index (χ2n) is 7.32. The molecule has 1 aliphatic heterocycles. The van der Waals surface area contributed by atoms with Gasteiger partial charge in [0.05, 0.1) is 11.1 Å². The van der Waals surface area contributed by atoms with Gasteiger partial charge in [-0.15, -0.1) is 0 Å². The summed E-state index contributed by atoms with van der Waals surface area (Å²) in [6, 6.07) is 0.495. The summed E-state index contributed by atoms with van der Waals surface area (Å²) in [6.45, 7) is 8.07. The number of aryl methyl sites for hydroxylation is 1. The molecule has 31 heavy (non-hydrogen) atoms. The number of hydrogen-bond acceptors (Lipinski definition) is 8. The molecule has 7 nitrogen and oxygen atoms in total. The minimum Gasteiger partial charge on any atom is -0.393 e. The molecule has 0 atom stereocenters. The summed E-state index contributed by atoms with van der Waals surface area (Å²) in [6.07, 6.45) is 9.08. The molecule has 178 valence electrons. The highest BCUT2D eigenvalue weighted by atomic mass is 35.5. The lowest BCUT2D eigenvalue weighted by molar-refractivity contribution is 0.137. The van der Waals surface area contributed by atoms with Gasteiger partial charge < -0.3 is 20.5 Å². The van der Waals surface area contributed by atoms with Crippen LogP contribution in [0.5, 0.6) is 0 Å². The van der Waals surface area contributed by atoms with E-state index in [1.807, 2.05) is 13.8 Å². The largest absolute Gasteiger partial charge is 0.393 e. The number of rotatable bonds is 3. The van der Waals surface area contributed by atoms with Gasteiger partial charge in [0, 0.05) is 20.3 Å². The predicted molar refractivity (Wildman–Crippen MR) is 132 cm³/mol. The SMILES string of the molecule is CC.CCc1nc2c(NC3CCCCC3)nc(Cl)nc2s1.COC.OC1CCNCC1. The molecule has 1 saturated heterocycles. The number of aromatic nitrogens is 3. The van der Waals surface area contributed by atoms with E-state index in [4.69, 9.17) is 16.7 Å². The minimum absolute atomic E-state index is 0.0266. The Hall–Kier alpha value is -1.06. The summed E-state index contributed by atoms with van der Waals surface area (Å²) in [7, 11) is 3.25. The van der Waals surface area contributed by atoms with Crippen molar-refractivity contribution in [3.63, 3.8) is 0 Å². The Kier molecular flexibility index (Phi) is 14.9. The van der Waals surface area contributed by atoms with Crippen molar-refractivity contribution in [2.24, 2.45) is 0 Å². The molecule has 0 aromatic carbocycles. The van der Waals surface area contributed by atoms with Gasteiger partial charge in [0.2, 0.25) is 5.28 Å². The third kappa shape index (κ3) is 10.4. The summed E-state index contributed by atoms with van der Waals surface area (Å²) in [4.78, 5) is 14.1. The molecule has 0 radical (unpaired) electrons. The van der Waals surface area contributed by atoms with Crippen molar-refractivity contribution < 1.29 is 9.84 Å². The molecule has 0 spiro atoms. The normalized spacial score (nSPS) is 16.9. The molecule has 0 unspecified atom stereocenters. The van der Waals surface area contributed by atoms with Gasteiger partial charge in [-0.05, 0) is 56.8 Å². The van der Waals surface area contributed by atoms with Gasteiger partial charge in [0.15, 0.2) is 10.6 Å². The highest BCUT2D eigenvalue weighted by Gasteiger charge is 2.18. The van der Waals surface area contributed by atoms with Crippen molar-refractivity contribution >= 4 is 39.1 Å². The Morgan fingerprint density at radius 2 is 1.68 bits per heavy atom. The summed E-state index contributed by atoms with van der Waals surface area (Å²) in [5.74, 6) is 0.804. The molecule has 1 saturated carbocycles. The van der Waals surface area contributed by atoms with Crippen LogP contribution in [0, 0.1) is 0 Å². The molecule has 2 aliphatic rings. The second-order valence-corrected chi connectivity index (χ2v) is 8.72. The molecular weight excluding hydrogens is 434 g/mol. The van der Waals surface area contributed by atoms with E-state index in [-0.39, 0.29) is 6.10 Å². The molecule has 0 bridgehead atoms. The number of anilines is 1. The van der Waals surface area contributed by atoms with Gasteiger partial charge in [0.25, 0.3) is 0 Å². The maximum atomic E-state index is 8.87. The van der Waals surface area contributed by atoms with Crippen molar-refractivity contribution in [2.75, 3.05) is 32.6 Å². The molecule has 3 heterocycles. The van der Waals surface area contributed by atoms with Crippen molar-refractivity contribution in [1.29, 1.82) is 0 Å². The molecule has 2 aromatic rings. The average molecular weight is 474 g/mol. The van der Waals surface area contributed by atoms with E-state index in [1.54, 1.807) is 25.6 Å². The molecular formula is C22H40ClN5O2S. The summed E-state index contributed by atoms with van der Waals surface area (Å²) in [5, 5.41) is 16.9. The lowest BCUT2D eigenvalue weighted by Gasteiger charge is -2.23. The van der Waals surface area contributed by atoms with Crippen LogP contribution in [0.25, 0.3) is 10.3 Å². The number of methoxy groups -OCH3 is 1. The number of piperidine rings is 1. The quantitative estimate of drug-likeness (QED) is 0.536. The highest BCUT2D eigenvalue weighted by Crippen LogP contribution is 2.29. The van der Waals surface area contributed by atoms with Crippen molar-refractivity contribution in [1.82, 2.24) is 20.3 Å². The van der Waals surface area contributed by atoms with Gasteiger partial charge in [0.1, 0.15) is 5.52 Å². The molecule has 2 aromatic heterocycles. The van der Waals surface area contributed by atoms with E-state index in [9.17, 15) is 0 Å². The molecule has 3 N–H and O–H groups in total. The van der Waals surface area contributed by atoms with Crippen molar-refractivity contribution in [2.45, 2.75) is 84.3 Å². The number of thiazole rings is 1. The number of fused-ring (bicyclic) bond motifs is 1. The number of ether oxygens (including phenoxy) is 1. The number of nitrogens with one attached hydrogen (secondary N) is 2. The van der Waals surface area contributed by atoms with Crippen LogP contribution in [0.3, 0.4) is 0 Å². The molecule has 9 heteroatoms. The first-order chi connectivity index (χ1) is 15.1. The Labute approximate surface area is 196 Å². The van der Waals surface area contributed by atoms with Gasteiger partial charge in [-0.3, -0.25) is 0 Å². The smallest absolute Gasteiger partial charge is 0.225 e. The summed E-state index contributed by atoms with van der Waals surface area (Å²) >= 11 is 7.61. The Balaban J connectivity index is 0.000000333. The zero-order valence-electron chi connectivity index (χ0n) is 19.7. The number of hydrogen-bond donors (Lipinski definition) is 3. The molecule has 4 rings (SSSR count). The number of nitrogens with zero attached hydrogens (tertiary/aromatic N) is 3. The monoisotopic (exact) mass is 473 g/mol. The number of halogens is 1. The summed E-state index contributed by atoms with van der Waals surface area (Å²) < 4.78 is 4.25. The first-order valence-corrected chi connectivity index (χ1v) is 12.6. The maximum absolute atomic E-state index is 8.87. The fourth-order valence-electron chi connectivity index (χ4n) is 3.34. The van der Waals surface area contributed by atoms with E-state index in [1.165, 1.54) is 32.1 Å². The number of aliphatic hydroxyl groups excluding tert-OH is 1. The van der Waals surface area contributed by atoms with Crippen LogP contribution >= 0.6 is 22.9 Å². The van der Waals surface area contributed by atoms with Crippen LogP contribution in [0.15, 0.2) is 0 Å². The van der Waals surface area contributed by atoms with Gasteiger partial charge >= 0.3 is 0 Å². The molecule has 0 amide bonds. The standard InChI is InChI=1S/C13H17ClN4S.C5H11NO.C2H6O.C2H6/c1-2-9-16-10-11(15-8-6-4-3-5-7-8)17-13(14)18-12(10)19-9;7-5-1-3-6-4-2-5;1-3-2;1-2/h8H,2-7H2,1H3,(H,15,17,18);5-7H,1-4H2;1-2H3;1-2H3. The first kappa shape index (κ1) is 28.0. The van der Waals surface area contributed by atoms with Crippen molar-refractivity contribution in [3.05, 3.63) is 10.3 Å². The Morgan fingerprint density at radius 1 is 1.06 bits per heavy atom. The Morgan fingerprint density at radius 3 is 2.19 bits per heavy atom. The van der Waals surface area contributed by atoms with E-state index < -0.39 is 0 Å². The highest BCUT2D eigenvalue weighted by molar-refractivity contribution is 7.18. The first-order valence-electron chi connectivity index (χ1n) is 11.5. The molecule has 2 fully saturated rings. The van der Waals surface area contributed by atoms with Crippen LogP contribution in [0.1, 0.15) is 70.7 Å². The van der Waals surface area contributed by atoms with E-state index >= 15 is 0 Å². The second kappa shape index (κ2) is 16.6. The third-order valence-corrected chi connectivity index (χ3v) is 6.10. The average Bonchev–Trinajstić information content (AvgIpc) is 3.21. The third-order valence-electron chi connectivity index (χ3n) is 4.83. The minimum atomic E-state index is -0.0266. The number of aliphatic hydroxyl groups is 1. The fraction of sp³-hybridized carbons (Fsp3) is 0.773. The topological polar surface area (TPSA) is 92.2 Å². The van der Waals surface area contributed by atoms with Crippen LogP contribution in [-0.2, 0) is 11.2 Å².